The molecule has 0 fully saturated rings. The van der Waals surface area contributed by atoms with Crippen molar-refractivity contribution in [2.75, 3.05) is 0 Å². The fourth-order valence-corrected chi connectivity index (χ4v) is 1.99. The van der Waals surface area contributed by atoms with Gasteiger partial charge in [0.25, 0.3) is 0 Å². The molecule has 162 valence electrons. The van der Waals surface area contributed by atoms with Crippen molar-refractivity contribution < 1.29 is 26.1 Å². The Balaban J connectivity index is -0.000000349. The van der Waals surface area contributed by atoms with E-state index in [1.807, 2.05) is 0 Å². The number of hydrogen-bond donors (Lipinski definition) is 0. The molecule has 0 radical (unpaired) electrons. The molecule has 2 heterocycles. The van der Waals surface area contributed by atoms with Gasteiger partial charge in [-0.25, -0.2) is 0 Å². The number of rotatable bonds is 4. The number of hydrogen-bond acceptors (Lipinski definition) is 6. The Kier molecular flexibility index (Phi) is 18.7. The zero-order valence-electron chi connectivity index (χ0n) is 17.8. The molecule has 0 bridgehead atoms. The molecule has 0 unspecified atom stereocenters. The summed E-state index contributed by atoms with van der Waals surface area (Å²) in [5, 5.41) is 0. The second kappa shape index (κ2) is 16.7. The summed E-state index contributed by atoms with van der Waals surface area (Å²) in [5.74, 6) is 0. The van der Waals surface area contributed by atoms with Crippen molar-refractivity contribution in [1.82, 2.24) is 19.6 Å². The molecule has 0 aromatic rings. The van der Waals surface area contributed by atoms with Gasteiger partial charge in [0.15, 0.2) is 0 Å². The van der Waals surface area contributed by atoms with Crippen molar-refractivity contribution in [2.45, 2.75) is 79.6 Å². The van der Waals surface area contributed by atoms with Crippen LogP contribution >= 0.6 is 0 Å². The van der Waals surface area contributed by atoms with Crippen LogP contribution in [0, 0.1) is 13.3 Å². The summed E-state index contributed by atoms with van der Waals surface area (Å²) in [7, 11) is 0. The van der Waals surface area contributed by atoms with Crippen molar-refractivity contribution in [3.8, 4) is 0 Å². The van der Waals surface area contributed by atoms with Crippen LogP contribution in [0.4, 0.5) is 0 Å². The molecule has 0 aromatic heterocycles. The molecule has 0 atom stereocenters. The monoisotopic (exact) mass is 422 g/mol. The molecule has 0 aromatic carbocycles. The maximum atomic E-state index is 7.75. The Bertz CT molecular complexity index is 345. The molecule has 0 spiro atoms. The topological polar surface area (TPSA) is 47.1 Å². The molecule has 2 rings (SSSR count). The van der Waals surface area contributed by atoms with Gasteiger partial charge in [-0.2, -0.15) is 13.3 Å². The molecule has 7 heteroatoms. The first-order valence-electron chi connectivity index (χ1n) is 8.86. The Morgan fingerprint density at radius 1 is 0.519 bits per heavy atom. The standard InChI is InChI=1S/2C9H17N2.2CHO.Ni/c2*1-8(2)10-5-6-11(7-10)9(3)4;2*1-2;/h2*5-9H,1-4H3;2*1H;/q4*-1;. The molecular weight excluding hydrogens is 387 g/mol. The smallest absolute Gasteiger partial charge is 0 e. The summed E-state index contributed by atoms with van der Waals surface area (Å²) in [6.45, 7) is 28.3. The fourth-order valence-electron chi connectivity index (χ4n) is 1.99. The Morgan fingerprint density at radius 3 is 0.741 bits per heavy atom. The molecule has 6 nitrogen and oxygen atoms in total. The van der Waals surface area contributed by atoms with Crippen LogP contribution in [0.15, 0.2) is 24.8 Å². The minimum atomic E-state index is 0. The van der Waals surface area contributed by atoms with Gasteiger partial charge < -0.3 is 29.2 Å². The predicted molar refractivity (Wildman–Crippen MR) is 108 cm³/mol. The molecular formula is C20H36N4NiO2-4. The van der Waals surface area contributed by atoms with E-state index in [1.165, 1.54) is 0 Å². The van der Waals surface area contributed by atoms with Gasteiger partial charge in [-0.3, -0.25) is 13.6 Å². The van der Waals surface area contributed by atoms with Crippen LogP contribution in [-0.4, -0.2) is 57.3 Å². The van der Waals surface area contributed by atoms with Crippen molar-refractivity contribution in [3.63, 3.8) is 0 Å². The maximum Gasteiger partial charge on any atom is 0 e. The molecule has 2 aliphatic heterocycles. The van der Waals surface area contributed by atoms with Crippen molar-refractivity contribution >= 4 is 13.6 Å². The van der Waals surface area contributed by atoms with Gasteiger partial charge in [0, 0.05) is 16.5 Å². The van der Waals surface area contributed by atoms with Crippen molar-refractivity contribution in [1.29, 1.82) is 0 Å². The van der Waals surface area contributed by atoms with E-state index in [9.17, 15) is 0 Å². The van der Waals surface area contributed by atoms with E-state index in [1.54, 1.807) is 0 Å². The van der Waals surface area contributed by atoms with Crippen LogP contribution in [0.3, 0.4) is 0 Å². The van der Waals surface area contributed by atoms with Gasteiger partial charge in [-0.1, -0.05) is 0 Å². The second-order valence-corrected chi connectivity index (χ2v) is 6.99. The SMILES string of the molecule is CC(C)N1C=CN(C(C)C)[CH-]1.CC(C)N1C=CN(C(C)C)[CH-]1.[CH-]=O.[CH-]=O.[Ni]. The normalized spacial score (nSPS) is 14.7. The molecule has 27 heavy (non-hydrogen) atoms. The van der Waals surface area contributed by atoms with E-state index in [-0.39, 0.29) is 16.5 Å². The van der Waals surface area contributed by atoms with Crippen LogP contribution in [0.25, 0.3) is 0 Å². The van der Waals surface area contributed by atoms with E-state index in [0.717, 1.165) is 0 Å². The van der Waals surface area contributed by atoms with Crippen LogP contribution in [0.5, 0.6) is 0 Å². The van der Waals surface area contributed by atoms with E-state index >= 15 is 0 Å². The van der Waals surface area contributed by atoms with E-state index in [4.69, 9.17) is 9.59 Å². The maximum absolute atomic E-state index is 7.75. The van der Waals surface area contributed by atoms with Crippen molar-refractivity contribution in [3.05, 3.63) is 38.1 Å². The van der Waals surface area contributed by atoms with Crippen LogP contribution < -0.4 is 0 Å². The minimum absolute atomic E-state index is 0. The third kappa shape index (κ3) is 11.8. The summed E-state index contributed by atoms with van der Waals surface area (Å²) in [5.41, 5.74) is 0. The Morgan fingerprint density at radius 2 is 0.667 bits per heavy atom. The largest absolute Gasteiger partial charge is 0.545 e. The van der Waals surface area contributed by atoms with E-state index in [0.29, 0.717) is 24.2 Å². The first kappa shape index (κ1) is 30.2. The first-order chi connectivity index (χ1) is 12.2. The van der Waals surface area contributed by atoms with E-state index < -0.39 is 0 Å². The average Bonchev–Trinajstić information content (AvgIpc) is 3.29. The summed E-state index contributed by atoms with van der Waals surface area (Å²) in [4.78, 5) is 24.3. The molecule has 0 amide bonds. The molecule has 0 saturated heterocycles. The minimum Gasteiger partial charge on any atom is -0.545 e. The van der Waals surface area contributed by atoms with Gasteiger partial charge in [0.05, 0.1) is 0 Å². The zero-order valence-corrected chi connectivity index (χ0v) is 18.8. The molecule has 2 aliphatic rings. The number of carbonyl (C=O) groups excluding carboxylic acids is 2. The van der Waals surface area contributed by atoms with Gasteiger partial charge in [0.2, 0.25) is 0 Å². The van der Waals surface area contributed by atoms with Gasteiger partial charge in [-0.15, -0.1) is 0 Å². The van der Waals surface area contributed by atoms with Gasteiger partial charge >= 0.3 is 0 Å². The quantitative estimate of drug-likeness (QED) is 0.392. The summed E-state index contributed by atoms with van der Waals surface area (Å²) >= 11 is 0. The Hall–Kier alpha value is -1.49. The van der Waals surface area contributed by atoms with Crippen molar-refractivity contribution in [2.24, 2.45) is 0 Å². The van der Waals surface area contributed by atoms with E-state index in [2.05, 4.69) is 127 Å². The summed E-state index contributed by atoms with van der Waals surface area (Å²) < 4.78 is 0. The fraction of sp³-hybridized carbons (Fsp3) is 0.600. The first-order valence-corrected chi connectivity index (χ1v) is 8.86. The summed E-state index contributed by atoms with van der Waals surface area (Å²) in [6.07, 6.45) is 8.46. The van der Waals surface area contributed by atoms with Crippen LogP contribution in [0.2, 0.25) is 0 Å². The van der Waals surface area contributed by atoms with Gasteiger partial charge in [-0.05, 0) is 104 Å². The second-order valence-electron chi connectivity index (χ2n) is 6.99. The number of nitrogens with zero attached hydrogens (tertiary/aromatic N) is 4. The Labute approximate surface area is 177 Å². The third-order valence-corrected chi connectivity index (χ3v) is 3.74. The molecule has 0 saturated carbocycles. The zero-order chi connectivity index (χ0) is 20.9. The summed E-state index contributed by atoms with van der Waals surface area (Å²) in [6, 6.07) is 2.26. The van der Waals surface area contributed by atoms with Gasteiger partial charge in [0.1, 0.15) is 0 Å². The average molecular weight is 423 g/mol. The molecule has 0 N–H and O–H groups in total. The van der Waals surface area contributed by atoms with Crippen LogP contribution in [-0.2, 0) is 26.1 Å². The van der Waals surface area contributed by atoms with Crippen LogP contribution in [0.1, 0.15) is 55.4 Å². The predicted octanol–water partition coefficient (Wildman–Crippen LogP) is 3.47. The third-order valence-electron chi connectivity index (χ3n) is 3.74. The molecule has 0 aliphatic carbocycles.